The number of nitrogens with one attached hydrogen (secondary N) is 2. The summed E-state index contributed by atoms with van der Waals surface area (Å²) in [5.41, 5.74) is 4.47. The molecule has 1 aromatic heterocycles. The standard InChI is InChI=1S/C22H23BrN4O2/c23-17-2-3-19(16-5-7-24-22(16)17)27-11-9-26(10-12-27)8-6-15-1-4-20-18(13-15)25-21(28)14-29-20/h1-5,7,13,24H,6,8-12,14H2,(H,25,28). The Balaban J connectivity index is 1.19. The zero-order valence-electron chi connectivity index (χ0n) is 16.1. The fraction of sp³-hybridized carbons (Fsp3) is 0.318. The van der Waals surface area contributed by atoms with Crippen LogP contribution in [-0.2, 0) is 11.2 Å². The average Bonchev–Trinajstić information content (AvgIpc) is 3.24. The van der Waals surface area contributed by atoms with E-state index in [9.17, 15) is 4.79 Å². The number of rotatable bonds is 4. The smallest absolute Gasteiger partial charge is 0.262 e. The van der Waals surface area contributed by atoms with Crippen LogP contribution in [-0.4, -0.2) is 55.1 Å². The van der Waals surface area contributed by atoms with Crippen LogP contribution in [0.3, 0.4) is 0 Å². The number of benzene rings is 2. The normalized spacial score (nSPS) is 17.1. The minimum Gasteiger partial charge on any atom is -0.482 e. The van der Waals surface area contributed by atoms with Gasteiger partial charge in [-0.2, -0.15) is 0 Å². The Morgan fingerprint density at radius 1 is 1.07 bits per heavy atom. The summed E-state index contributed by atoms with van der Waals surface area (Å²) in [5, 5.41) is 4.16. The number of fused-ring (bicyclic) bond motifs is 2. The molecule has 2 N–H and O–H groups in total. The highest BCUT2D eigenvalue weighted by Gasteiger charge is 2.20. The van der Waals surface area contributed by atoms with Crippen molar-refractivity contribution in [2.45, 2.75) is 6.42 Å². The van der Waals surface area contributed by atoms with Gasteiger partial charge in [0.15, 0.2) is 6.61 Å². The number of ether oxygens (including phenoxy) is 1. The molecule has 150 valence electrons. The van der Waals surface area contributed by atoms with Crippen molar-refractivity contribution in [3.63, 3.8) is 0 Å². The maximum Gasteiger partial charge on any atom is 0.262 e. The molecular weight excluding hydrogens is 432 g/mol. The first-order chi connectivity index (χ1) is 14.2. The van der Waals surface area contributed by atoms with E-state index in [0.29, 0.717) is 0 Å². The van der Waals surface area contributed by atoms with Crippen molar-refractivity contribution in [1.82, 2.24) is 9.88 Å². The van der Waals surface area contributed by atoms with Gasteiger partial charge in [0.2, 0.25) is 0 Å². The predicted octanol–water partition coefficient (Wildman–Crippen LogP) is 3.63. The van der Waals surface area contributed by atoms with Gasteiger partial charge >= 0.3 is 0 Å². The fourth-order valence-corrected chi connectivity index (χ4v) is 4.63. The molecule has 0 radical (unpaired) electrons. The van der Waals surface area contributed by atoms with Crippen molar-refractivity contribution >= 4 is 44.1 Å². The number of H-pyrrole nitrogens is 1. The Bertz CT molecular complexity index is 1060. The van der Waals surface area contributed by atoms with Gasteiger partial charge in [0, 0.05) is 54.5 Å². The van der Waals surface area contributed by atoms with E-state index in [0.717, 1.165) is 60.6 Å². The summed E-state index contributed by atoms with van der Waals surface area (Å²) in [6.07, 6.45) is 2.96. The third-order valence-corrected chi connectivity index (χ3v) is 6.42. The molecule has 0 saturated carbocycles. The molecule has 2 aliphatic rings. The van der Waals surface area contributed by atoms with Gasteiger partial charge in [-0.25, -0.2) is 0 Å². The lowest BCUT2D eigenvalue weighted by Gasteiger charge is -2.36. The van der Waals surface area contributed by atoms with E-state index in [1.165, 1.54) is 16.6 Å². The summed E-state index contributed by atoms with van der Waals surface area (Å²) in [7, 11) is 0. The van der Waals surface area contributed by atoms with Crippen LogP contribution < -0.4 is 15.0 Å². The van der Waals surface area contributed by atoms with Gasteiger partial charge in [-0.05, 0) is 58.2 Å². The topological polar surface area (TPSA) is 60.6 Å². The van der Waals surface area contributed by atoms with E-state index in [1.54, 1.807) is 0 Å². The highest BCUT2D eigenvalue weighted by molar-refractivity contribution is 9.10. The second-order valence-electron chi connectivity index (χ2n) is 7.58. The molecule has 29 heavy (non-hydrogen) atoms. The minimum atomic E-state index is -0.0877. The van der Waals surface area contributed by atoms with Crippen LogP contribution >= 0.6 is 15.9 Å². The molecule has 2 aromatic carbocycles. The summed E-state index contributed by atoms with van der Waals surface area (Å²) >= 11 is 3.62. The van der Waals surface area contributed by atoms with E-state index in [1.807, 2.05) is 18.3 Å². The van der Waals surface area contributed by atoms with Crippen LogP contribution in [0.25, 0.3) is 10.9 Å². The molecule has 6 nitrogen and oxygen atoms in total. The van der Waals surface area contributed by atoms with Crippen molar-refractivity contribution in [2.75, 3.05) is 49.5 Å². The van der Waals surface area contributed by atoms with E-state index >= 15 is 0 Å². The average molecular weight is 455 g/mol. The van der Waals surface area contributed by atoms with E-state index < -0.39 is 0 Å². The van der Waals surface area contributed by atoms with E-state index in [4.69, 9.17) is 4.74 Å². The maximum absolute atomic E-state index is 11.5. The van der Waals surface area contributed by atoms with Gasteiger partial charge in [-0.1, -0.05) is 6.07 Å². The number of aromatic nitrogens is 1. The second kappa shape index (κ2) is 7.72. The zero-order valence-corrected chi connectivity index (χ0v) is 17.7. The molecule has 3 aromatic rings. The highest BCUT2D eigenvalue weighted by Crippen LogP contribution is 2.32. The molecule has 0 aliphatic carbocycles. The van der Waals surface area contributed by atoms with Crippen molar-refractivity contribution in [3.05, 3.63) is 52.6 Å². The van der Waals surface area contributed by atoms with Crippen LogP contribution in [0.5, 0.6) is 5.75 Å². The van der Waals surface area contributed by atoms with E-state index in [-0.39, 0.29) is 12.5 Å². The number of piperazine rings is 1. The lowest BCUT2D eigenvalue weighted by atomic mass is 10.1. The van der Waals surface area contributed by atoms with Gasteiger partial charge in [0.25, 0.3) is 5.91 Å². The first-order valence-electron chi connectivity index (χ1n) is 9.96. The Labute approximate surface area is 177 Å². The molecule has 0 bridgehead atoms. The molecule has 3 heterocycles. The van der Waals surface area contributed by atoms with Crippen LogP contribution in [0.15, 0.2) is 47.1 Å². The first kappa shape index (κ1) is 18.5. The van der Waals surface area contributed by atoms with Gasteiger partial charge in [-0.15, -0.1) is 0 Å². The number of carbonyl (C=O) groups is 1. The van der Waals surface area contributed by atoms with Crippen molar-refractivity contribution in [2.24, 2.45) is 0 Å². The molecule has 0 spiro atoms. The monoisotopic (exact) mass is 454 g/mol. The molecule has 2 aliphatic heterocycles. The molecular formula is C22H23BrN4O2. The summed E-state index contributed by atoms with van der Waals surface area (Å²) < 4.78 is 6.54. The summed E-state index contributed by atoms with van der Waals surface area (Å²) in [5.74, 6) is 0.669. The number of nitrogens with zero attached hydrogens (tertiary/aromatic N) is 2. The van der Waals surface area contributed by atoms with Crippen molar-refractivity contribution in [3.8, 4) is 5.75 Å². The Morgan fingerprint density at radius 3 is 2.79 bits per heavy atom. The molecule has 5 rings (SSSR count). The largest absolute Gasteiger partial charge is 0.482 e. The number of halogens is 1. The lowest BCUT2D eigenvalue weighted by molar-refractivity contribution is -0.118. The summed E-state index contributed by atoms with van der Waals surface area (Å²) in [6, 6.07) is 12.6. The molecule has 0 unspecified atom stereocenters. The molecule has 1 saturated heterocycles. The third kappa shape index (κ3) is 3.72. The Morgan fingerprint density at radius 2 is 1.93 bits per heavy atom. The van der Waals surface area contributed by atoms with Crippen LogP contribution in [0.4, 0.5) is 11.4 Å². The number of carbonyl (C=O) groups excluding carboxylic acids is 1. The molecule has 1 fully saturated rings. The number of hydrogen-bond donors (Lipinski definition) is 2. The zero-order chi connectivity index (χ0) is 19.8. The first-order valence-corrected chi connectivity index (χ1v) is 10.8. The number of hydrogen-bond acceptors (Lipinski definition) is 4. The van der Waals surface area contributed by atoms with E-state index in [2.05, 4.69) is 60.3 Å². The van der Waals surface area contributed by atoms with Crippen molar-refractivity contribution < 1.29 is 9.53 Å². The van der Waals surface area contributed by atoms with Gasteiger partial charge in [0.1, 0.15) is 5.75 Å². The van der Waals surface area contributed by atoms with Gasteiger partial charge in [0.05, 0.1) is 11.2 Å². The van der Waals surface area contributed by atoms with Crippen LogP contribution in [0.1, 0.15) is 5.56 Å². The number of aromatic amines is 1. The second-order valence-corrected chi connectivity index (χ2v) is 8.43. The molecule has 0 atom stereocenters. The SMILES string of the molecule is O=C1COc2ccc(CCN3CCN(c4ccc(Br)c5[nH]ccc45)CC3)cc2N1. The maximum atomic E-state index is 11.5. The fourth-order valence-electron chi connectivity index (χ4n) is 4.17. The number of anilines is 2. The van der Waals surface area contributed by atoms with Crippen molar-refractivity contribution in [1.29, 1.82) is 0 Å². The Hall–Kier alpha value is -2.51. The molecule has 7 heteroatoms. The summed E-state index contributed by atoms with van der Waals surface area (Å²) in [6.45, 7) is 5.26. The number of amides is 1. The van der Waals surface area contributed by atoms with Gasteiger partial charge < -0.3 is 19.9 Å². The lowest BCUT2D eigenvalue weighted by Crippen LogP contribution is -2.47. The van der Waals surface area contributed by atoms with Crippen LogP contribution in [0.2, 0.25) is 0 Å². The van der Waals surface area contributed by atoms with Crippen LogP contribution in [0, 0.1) is 0 Å². The predicted molar refractivity (Wildman–Crippen MR) is 119 cm³/mol. The Kier molecular flexibility index (Phi) is 4.93. The summed E-state index contributed by atoms with van der Waals surface area (Å²) in [4.78, 5) is 19.8. The minimum absolute atomic E-state index is 0.0877. The highest BCUT2D eigenvalue weighted by atomic mass is 79.9. The molecule has 1 amide bonds. The van der Waals surface area contributed by atoms with Gasteiger partial charge in [-0.3, -0.25) is 9.69 Å². The third-order valence-electron chi connectivity index (χ3n) is 5.76. The quantitative estimate of drug-likeness (QED) is 0.631.